The number of amides is 2. The lowest BCUT2D eigenvalue weighted by atomic mass is 10.1. The lowest BCUT2D eigenvalue weighted by molar-refractivity contribution is -0.140. The second-order valence-electron chi connectivity index (χ2n) is 11.3. The predicted molar refractivity (Wildman–Crippen MR) is 178 cm³/mol. The zero-order chi connectivity index (χ0) is 32.4. The van der Waals surface area contributed by atoms with Crippen molar-refractivity contribution in [2.45, 2.75) is 51.6 Å². The highest BCUT2D eigenvalue weighted by atomic mass is 32.2. The molecule has 9 heteroatoms. The molecule has 0 radical (unpaired) electrons. The number of nitrogens with one attached hydrogen (secondary N) is 1. The molecule has 4 aromatic rings. The SMILES string of the molecule is CCC(C(=O)NCC(C)C)N(Cc1cccc(C)c1)C(=O)CN(c1ccc(Oc2ccccc2)cc1)S(=O)(=O)c1ccccc1. The number of aryl methyl sites for hydroxylation is 1. The van der Waals surface area contributed by atoms with Crippen LogP contribution >= 0.6 is 0 Å². The summed E-state index contributed by atoms with van der Waals surface area (Å²) in [5.74, 6) is 0.622. The van der Waals surface area contributed by atoms with Crippen molar-refractivity contribution in [2.75, 3.05) is 17.4 Å². The Morgan fingerprint density at radius 3 is 2.04 bits per heavy atom. The van der Waals surface area contributed by atoms with Gasteiger partial charge in [-0.3, -0.25) is 13.9 Å². The number of ether oxygens (including phenoxy) is 1. The Hall–Kier alpha value is -4.63. The molecular formula is C36H41N3O5S. The van der Waals surface area contributed by atoms with E-state index < -0.39 is 28.5 Å². The molecule has 1 atom stereocenters. The third-order valence-corrected chi connectivity index (χ3v) is 9.01. The van der Waals surface area contributed by atoms with Gasteiger partial charge in [0, 0.05) is 13.1 Å². The molecule has 0 aliphatic rings. The van der Waals surface area contributed by atoms with Crippen molar-refractivity contribution in [1.82, 2.24) is 10.2 Å². The maximum Gasteiger partial charge on any atom is 0.264 e. The van der Waals surface area contributed by atoms with Gasteiger partial charge in [0.05, 0.1) is 10.6 Å². The Kier molecular flexibility index (Phi) is 11.4. The molecule has 0 heterocycles. The molecule has 8 nitrogen and oxygen atoms in total. The maximum atomic E-state index is 14.3. The van der Waals surface area contributed by atoms with Gasteiger partial charge in [0.15, 0.2) is 0 Å². The summed E-state index contributed by atoms with van der Waals surface area (Å²) in [4.78, 5) is 29.2. The van der Waals surface area contributed by atoms with Gasteiger partial charge in [-0.25, -0.2) is 8.42 Å². The highest BCUT2D eigenvalue weighted by Crippen LogP contribution is 2.28. The van der Waals surface area contributed by atoms with E-state index >= 15 is 0 Å². The summed E-state index contributed by atoms with van der Waals surface area (Å²) < 4.78 is 35.1. The largest absolute Gasteiger partial charge is 0.457 e. The van der Waals surface area contributed by atoms with Crippen LogP contribution in [0.3, 0.4) is 0 Å². The number of carbonyl (C=O) groups is 2. The number of nitrogens with zero attached hydrogens (tertiary/aromatic N) is 2. The molecule has 0 fully saturated rings. The average molecular weight is 628 g/mol. The quantitative estimate of drug-likeness (QED) is 0.171. The molecule has 1 unspecified atom stereocenters. The van der Waals surface area contributed by atoms with E-state index in [0.717, 1.165) is 15.4 Å². The van der Waals surface area contributed by atoms with Gasteiger partial charge in [0.2, 0.25) is 11.8 Å². The fourth-order valence-corrected chi connectivity index (χ4v) is 6.34. The number of hydrogen-bond acceptors (Lipinski definition) is 5. The van der Waals surface area contributed by atoms with Crippen LogP contribution in [0, 0.1) is 12.8 Å². The van der Waals surface area contributed by atoms with E-state index in [-0.39, 0.29) is 23.3 Å². The lowest BCUT2D eigenvalue weighted by Gasteiger charge is -2.33. The number of sulfonamides is 1. The molecule has 0 aliphatic heterocycles. The van der Waals surface area contributed by atoms with Gasteiger partial charge in [0.1, 0.15) is 24.1 Å². The molecule has 45 heavy (non-hydrogen) atoms. The van der Waals surface area contributed by atoms with E-state index in [9.17, 15) is 18.0 Å². The summed E-state index contributed by atoms with van der Waals surface area (Å²) >= 11 is 0. The first-order valence-electron chi connectivity index (χ1n) is 15.1. The standard InChI is InChI=1S/C36H41N3O5S/c1-5-34(36(41)37-24-27(2)3)38(25-29-14-12-13-28(4)23-29)35(40)26-39(45(42,43)33-17-10-7-11-18-33)30-19-21-32(22-20-30)44-31-15-8-6-9-16-31/h6-23,27,34H,5,24-26H2,1-4H3,(H,37,41). The molecule has 0 saturated carbocycles. The minimum Gasteiger partial charge on any atom is -0.457 e. The van der Waals surface area contributed by atoms with E-state index in [0.29, 0.717) is 30.2 Å². The van der Waals surface area contributed by atoms with Gasteiger partial charge in [-0.2, -0.15) is 0 Å². The highest BCUT2D eigenvalue weighted by Gasteiger charge is 2.33. The molecule has 0 saturated heterocycles. The second-order valence-corrected chi connectivity index (χ2v) is 13.2. The monoisotopic (exact) mass is 627 g/mol. The van der Waals surface area contributed by atoms with Gasteiger partial charge in [-0.1, -0.05) is 87.0 Å². The smallest absolute Gasteiger partial charge is 0.264 e. The summed E-state index contributed by atoms with van der Waals surface area (Å²) in [6.45, 7) is 7.92. The molecule has 0 bridgehead atoms. The van der Waals surface area contributed by atoms with Crippen LogP contribution in [0.2, 0.25) is 0 Å². The van der Waals surface area contributed by atoms with Crippen molar-refractivity contribution < 1.29 is 22.7 Å². The van der Waals surface area contributed by atoms with E-state index in [2.05, 4.69) is 5.32 Å². The molecule has 0 aromatic heterocycles. The van der Waals surface area contributed by atoms with Crippen molar-refractivity contribution in [3.8, 4) is 11.5 Å². The summed E-state index contributed by atoms with van der Waals surface area (Å²) in [6, 6.07) is 30.7. The lowest BCUT2D eigenvalue weighted by Crippen LogP contribution is -2.52. The molecule has 0 aliphatic carbocycles. The van der Waals surface area contributed by atoms with Crippen LogP contribution in [-0.4, -0.2) is 44.3 Å². The second kappa shape index (κ2) is 15.4. The first kappa shape index (κ1) is 33.3. The fourth-order valence-electron chi connectivity index (χ4n) is 4.90. The third kappa shape index (κ3) is 8.95. The van der Waals surface area contributed by atoms with Gasteiger partial charge in [-0.05, 0) is 73.4 Å². The minimum atomic E-state index is -4.16. The molecule has 1 N–H and O–H groups in total. The third-order valence-electron chi connectivity index (χ3n) is 7.22. The fraction of sp³-hybridized carbons (Fsp3) is 0.278. The molecule has 0 spiro atoms. The summed E-state index contributed by atoms with van der Waals surface area (Å²) in [5, 5.41) is 2.95. The Balaban J connectivity index is 1.70. The Morgan fingerprint density at radius 1 is 0.822 bits per heavy atom. The van der Waals surface area contributed by atoms with Gasteiger partial charge >= 0.3 is 0 Å². The predicted octanol–water partition coefficient (Wildman–Crippen LogP) is 6.56. The van der Waals surface area contributed by atoms with E-state index in [1.165, 1.54) is 17.0 Å². The topological polar surface area (TPSA) is 96.0 Å². The van der Waals surface area contributed by atoms with Crippen LogP contribution in [0.15, 0.2) is 114 Å². The summed E-state index contributed by atoms with van der Waals surface area (Å²) in [6.07, 6.45) is 0.360. The van der Waals surface area contributed by atoms with Crippen molar-refractivity contribution in [1.29, 1.82) is 0 Å². The number of benzene rings is 4. The zero-order valence-corrected chi connectivity index (χ0v) is 27.0. The first-order chi connectivity index (χ1) is 21.6. The average Bonchev–Trinajstić information content (AvgIpc) is 3.03. The van der Waals surface area contributed by atoms with Crippen LogP contribution in [-0.2, 0) is 26.2 Å². The first-order valence-corrected chi connectivity index (χ1v) is 16.6. The molecule has 4 rings (SSSR count). The van der Waals surface area contributed by atoms with Gasteiger partial charge in [0.25, 0.3) is 10.0 Å². The highest BCUT2D eigenvalue weighted by molar-refractivity contribution is 7.92. The molecular weight excluding hydrogens is 586 g/mol. The van der Waals surface area contributed by atoms with E-state index in [4.69, 9.17) is 4.74 Å². The molecule has 236 valence electrons. The van der Waals surface area contributed by atoms with Crippen molar-refractivity contribution in [3.63, 3.8) is 0 Å². The zero-order valence-electron chi connectivity index (χ0n) is 26.2. The van der Waals surface area contributed by atoms with Crippen LogP contribution < -0.4 is 14.4 Å². The Morgan fingerprint density at radius 2 is 1.44 bits per heavy atom. The maximum absolute atomic E-state index is 14.3. The molecule has 4 aromatic carbocycles. The van der Waals surface area contributed by atoms with Gasteiger partial charge in [-0.15, -0.1) is 0 Å². The summed E-state index contributed by atoms with van der Waals surface area (Å²) in [7, 11) is -4.16. The Labute approximate surface area is 266 Å². The van der Waals surface area contributed by atoms with E-state index in [1.807, 2.05) is 82.3 Å². The summed E-state index contributed by atoms with van der Waals surface area (Å²) in [5.41, 5.74) is 2.15. The number of hydrogen-bond donors (Lipinski definition) is 1. The normalized spacial score (nSPS) is 11.9. The van der Waals surface area contributed by atoms with Crippen molar-refractivity contribution >= 4 is 27.5 Å². The van der Waals surface area contributed by atoms with Gasteiger partial charge < -0.3 is 15.0 Å². The molecule has 2 amide bonds. The number of para-hydroxylation sites is 1. The Bertz CT molecular complexity index is 1660. The van der Waals surface area contributed by atoms with Crippen molar-refractivity contribution in [3.05, 3.63) is 120 Å². The number of anilines is 1. The minimum absolute atomic E-state index is 0.0503. The number of rotatable bonds is 14. The van der Waals surface area contributed by atoms with Crippen molar-refractivity contribution in [2.24, 2.45) is 5.92 Å². The van der Waals surface area contributed by atoms with Crippen LogP contribution in [0.5, 0.6) is 11.5 Å². The van der Waals surface area contributed by atoms with Crippen LogP contribution in [0.25, 0.3) is 0 Å². The number of carbonyl (C=O) groups excluding carboxylic acids is 2. The van der Waals surface area contributed by atoms with Crippen LogP contribution in [0.1, 0.15) is 38.3 Å². The van der Waals surface area contributed by atoms with E-state index in [1.54, 1.807) is 42.5 Å². The van der Waals surface area contributed by atoms with Crippen LogP contribution in [0.4, 0.5) is 5.69 Å².